The van der Waals surface area contributed by atoms with Gasteiger partial charge in [-0.15, -0.1) is 0 Å². The quantitative estimate of drug-likeness (QED) is 0.160. The highest BCUT2D eigenvalue weighted by molar-refractivity contribution is 5.66. The van der Waals surface area contributed by atoms with Crippen LogP contribution in [0.3, 0.4) is 0 Å². The van der Waals surface area contributed by atoms with E-state index >= 15 is 0 Å². The van der Waals surface area contributed by atoms with Gasteiger partial charge in [-0.3, -0.25) is 4.79 Å². The molecule has 0 fully saturated rings. The average Bonchev–Trinajstić information content (AvgIpc) is 2.74. The summed E-state index contributed by atoms with van der Waals surface area (Å²) in [5.41, 5.74) is 0. The van der Waals surface area contributed by atoms with Gasteiger partial charge in [0.25, 0.3) is 0 Å². The van der Waals surface area contributed by atoms with Gasteiger partial charge < -0.3 is 10.2 Å². The first kappa shape index (κ1) is 31.6. The van der Waals surface area contributed by atoms with E-state index in [1.165, 1.54) is 122 Å². The molecule has 182 valence electrons. The summed E-state index contributed by atoms with van der Waals surface area (Å²) < 4.78 is 0. The van der Waals surface area contributed by atoms with E-state index in [0.29, 0.717) is 13.0 Å². The van der Waals surface area contributed by atoms with Crippen LogP contribution in [0, 0.1) is 0 Å². The molecule has 0 atom stereocenters. The molecule has 2 N–H and O–H groups in total. The maximum Gasteiger partial charge on any atom is 0.303 e. The smallest absolute Gasteiger partial charge is 0.303 e. The maximum absolute atomic E-state index is 10.3. The zero-order valence-corrected chi connectivity index (χ0v) is 20.8. The molecule has 0 aliphatic carbocycles. The van der Waals surface area contributed by atoms with Crippen molar-refractivity contribution in [2.24, 2.45) is 0 Å². The third-order valence-electron chi connectivity index (χ3n) is 5.76. The van der Waals surface area contributed by atoms with Crippen molar-refractivity contribution in [1.82, 2.24) is 0 Å². The molecule has 0 aliphatic rings. The van der Waals surface area contributed by atoms with Gasteiger partial charge in [0.15, 0.2) is 0 Å². The summed E-state index contributed by atoms with van der Waals surface area (Å²) in [6, 6.07) is 0. The Morgan fingerprint density at radius 2 is 0.733 bits per heavy atom. The Kier molecular flexibility index (Phi) is 32.3. The Labute approximate surface area is 189 Å². The summed E-state index contributed by atoms with van der Waals surface area (Å²) in [7, 11) is 0. The number of carboxylic acids is 1. The molecule has 0 bridgehead atoms. The van der Waals surface area contributed by atoms with Crippen LogP contribution in [-0.4, -0.2) is 22.8 Å². The van der Waals surface area contributed by atoms with Crippen molar-refractivity contribution >= 4 is 5.97 Å². The van der Waals surface area contributed by atoms with Crippen LogP contribution in [0.25, 0.3) is 0 Å². The summed E-state index contributed by atoms with van der Waals surface area (Å²) in [6.07, 6.45) is 29.1. The minimum Gasteiger partial charge on any atom is -0.481 e. The van der Waals surface area contributed by atoms with Crippen LogP contribution in [-0.2, 0) is 4.79 Å². The molecule has 0 aliphatic heterocycles. The standard InChI is InChI=1S/C16H32O2.C11H24O/c1-2-3-4-5-6-7-8-9-10-11-12-13-14-15-16(17)18;1-2-3-4-5-6-7-8-9-10-11-12/h2-15H2,1H3,(H,17,18);12H,2-11H2,1H3. The zero-order valence-electron chi connectivity index (χ0n) is 20.8. The van der Waals surface area contributed by atoms with Crippen molar-refractivity contribution in [2.75, 3.05) is 6.61 Å². The van der Waals surface area contributed by atoms with Crippen LogP contribution in [0.5, 0.6) is 0 Å². The second kappa shape index (κ2) is 30.6. The van der Waals surface area contributed by atoms with Crippen LogP contribution in [0.15, 0.2) is 0 Å². The van der Waals surface area contributed by atoms with Gasteiger partial charge in [0.05, 0.1) is 0 Å². The normalized spacial score (nSPS) is 10.6. The lowest BCUT2D eigenvalue weighted by molar-refractivity contribution is -0.137. The molecule has 0 aromatic rings. The number of unbranched alkanes of at least 4 members (excludes halogenated alkanes) is 20. The largest absolute Gasteiger partial charge is 0.481 e. The lowest BCUT2D eigenvalue weighted by Crippen LogP contribution is -1.93. The number of rotatable bonds is 23. The molecule has 0 saturated heterocycles. The van der Waals surface area contributed by atoms with Gasteiger partial charge in [-0.2, -0.15) is 0 Å². The van der Waals surface area contributed by atoms with Crippen LogP contribution in [0.2, 0.25) is 0 Å². The van der Waals surface area contributed by atoms with Crippen molar-refractivity contribution in [1.29, 1.82) is 0 Å². The Morgan fingerprint density at radius 3 is 1.00 bits per heavy atom. The molecule has 30 heavy (non-hydrogen) atoms. The van der Waals surface area contributed by atoms with E-state index < -0.39 is 5.97 Å². The topological polar surface area (TPSA) is 57.5 Å². The Morgan fingerprint density at radius 1 is 0.467 bits per heavy atom. The van der Waals surface area contributed by atoms with Crippen LogP contribution in [0.4, 0.5) is 0 Å². The van der Waals surface area contributed by atoms with Gasteiger partial charge in [-0.1, -0.05) is 142 Å². The van der Waals surface area contributed by atoms with E-state index in [1.807, 2.05) is 0 Å². The molecule has 0 amide bonds. The highest BCUT2D eigenvalue weighted by atomic mass is 16.4. The molecular weight excluding hydrogens is 372 g/mol. The van der Waals surface area contributed by atoms with E-state index in [0.717, 1.165) is 19.3 Å². The monoisotopic (exact) mass is 428 g/mol. The van der Waals surface area contributed by atoms with E-state index in [9.17, 15) is 4.79 Å². The van der Waals surface area contributed by atoms with Gasteiger partial charge in [0.1, 0.15) is 0 Å². The van der Waals surface area contributed by atoms with Crippen molar-refractivity contribution < 1.29 is 15.0 Å². The maximum atomic E-state index is 10.3. The SMILES string of the molecule is CCCCCCCCCCCCCCCC(=O)O.CCCCCCCCCCCO. The summed E-state index contributed by atoms with van der Waals surface area (Å²) in [4.78, 5) is 10.3. The molecule has 0 aromatic heterocycles. The van der Waals surface area contributed by atoms with Crippen molar-refractivity contribution in [3.8, 4) is 0 Å². The van der Waals surface area contributed by atoms with E-state index in [-0.39, 0.29) is 0 Å². The van der Waals surface area contributed by atoms with Gasteiger partial charge in [-0.05, 0) is 12.8 Å². The first-order valence-corrected chi connectivity index (χ1v) is 13.5. The number of aliphatic hydroxyl groups is 1. The average molecular weight is 429 g/mol. The number of carbonyl (C=O) groups is 1. The van der Waals surface area contributed by atoms with Crippen molar-refractivity contribution in [2.45, 2.75) is 162 Å². The number of aliphatic hydroxyl groups excluding tert-OH is 1. The summed E-state index contributed by atoms with van der Waals surface area (Å²) >= 11 is 0. The molecule has 3 heteroatoms. The first-order chi connectivity index (χ1) is 14.7. The molecule has 0 heterocycles. The fraction of sp³-hybridized carbons (Fsp3) is 0.963. The van der Waals surface area contributed by atoms with E-state index in [2.05, 4.69) is 13.8 Å². The Bertz CT molecular complexity index is 294. The highest BCUT2D eigenvalue weighted by Crippen LogP contribution is 2.13. The first-order valence-electron chi connectivity index (χ1n) is 13.5. The predicted molar refractivity (Wildman–Crippen MR) is 132 cm³/mol. The van der Waals surface area contributed by atoms with Gasteiger partial charge in [0.2, 0.25) is 0 Å². The van der Waals surface area contributed by atoms with Crippen LogP contribution >= 0.6 is 0 Å². The number of hydrogen-bond acceptors (Lipinski definition) is 2. The van der Waals surface area contributed by atoms with Gasteiger partial charge >= 0.3 is 5.97 Å². The molecule has 0 unspecified atom stereocenters. The molecule has 0 rings (SSSR count). The summed E-state index contributed by atoms with van der Waals surface area (Å²) in [6.45, 7) is 4.88. The fourth-order valence-corrected chi connectivity index (χ4v) is 3.72. The van der Waals surface area contributed by atoms with Gasteiger partial charge in [-0.25, -0.2) is 0 Å². The second-order valence-corrected chi connectivity index (χ2v) is 8.94. The molecular formula is C27H56O3. The molecule has 0 radical (unpaired) electrons. The fourth-order valence-electron chi connectivity index (χ4n) is 3.72. The minimum atomic E-state index is -0.655. The van der Waals surface area contributed by atoms with Crippen molar-refractivity contribution in [3.63, 3.8) is 0 Å². The Hall–Kier alpha value is -0.570. The second-order valence-electron chi connectivity index (χ2n) is 8.94. The third kappa shape index (κ3) is 34.9. The van der Waals surface area contributed by atoms with E-state index in [1.54, 1.807) is 0 Å². The highest BCUT2D eigenvalue weighted by Gasteiger charge is 1.97. The number of hydrogen-bond donors (Lipinski definition) is 2. The minimum absolute atomic E-state index is 0.345. The Balaban J connectivity index is 0. The lowest BCUT2D eigenvalue weighted by atomic mass is 10.0. The van der Waals surface area contributed by atoms with Gasteiger partial charge in [0, 0.05) is 13.0 Å². The number of carboxylic acid groups (broad SMARTS) is 1. The summed E-state index contributed by atoms with van der Waals surface area (Å²) in [5, 5.41) is 17.0. The van der Waals surface area contributed by atoms with Crippen LogP contribution in [0.1, 0.15) is 162 Å². The zero-order chi connectivity index (χ0) is 22.5. The predicted octanol–water partition coefficient (Wildman–Crippen LogP) is 9.06. The van der Waals surface area contributed by atoms with Crippen molar-refractivity contribution in [3.05, 3.63) is 0 Å². The molecule has 0 spiro atoms. The lowest BCUT2D eigenvalue weighted by Gasteiger charge is -2.02. The van der Waals surface area contributed by atoms with E-state index in [4.69, 9.17) is 10.2 Å². The number of aliphatic carboxylic acids is 1. The third-order valence-corrected chi connectivity index (χ3v) is 5.76. The molecule has 3 nitrogen and oxygen atoms in total. The van der Waals surface area contributed by atoms with Crippen LogP contribution < -0.4 is 0 Å². The summed E-state index contributed by atoms with van der Waals surface area (Å²) in [5.74, 6) is -0.655. The molecule has 0 saturated carbocycles. The molecule has 0 aromatic carbocycles.